The second-order valence-corrected chi connectivity index (χ2v) is 8.58. The summed E-state index contributed by atoms with van der Waals surface area (Å²) in [5.41, 5.74) is 2.09. The van der Waals surface area contributed by atoms with E-state index in [1.54, 1.807) is 42.5 Å². The topological polar surface area (TPSA) is 76.1 Å². The SMILES string of the molecule is O=C1C(=O)N(CCc2ccccc2)C(c2cccc(Cl)c2)/C1=C(/O)c1ccc2c(c1)OCCO2. The van der Waals surface area contributed by atoms with Gasteiger partial charge in [-0.1, -0.05) is 54.1 Å². The van der Waals surface area contributed by atoms with E-state index in [4.69, 9.17) is 21.1 Å². The number of carbonyl (C=O) groups excluding carboxylic acids is 2. The van der Waals surface area contributed by atoms with Gasteiger partial charge in [-0.2, -0.15) is 0 Å². The van der Waals surface area contributed by atoms with Gasteiger partial charge in [0, 0.05) is 17.1 Å². The molecule has 0 saturated carbocycles. The summed E-state index contributed by atoms with van der Waals surface area (Å²) in [5, 5.41) is 11.7. The maximum atomic E-state index is 13.2. The van der Waals surface area contributed by atoms with E-state index in [2.05, 4.69) is 0 Å². The lowest BCUT2D eigenvalue weighted by atomic mass is 9.95. The lowest BCUT2D eigenvalue weighted by Crippen LogP contribution is -2.31. The van der Waals surface area contributed by atoms with Crippen LogP contribution in [0.15, 0.2) is 78.4 Å². The van der Waals surface area contributed by atoms with Crippen molar-refractivity contribution in [2.45, 2.75) is 12.5 Å². The van der Waals surface area contributed by atoms with Crippen LogP contribution in [0.1, 0.15) is 22.7 Å². The number of halogens is 1. The minimum Gasteiger partial charge on any atom is -0.507 e. The van der Waals surface area contributed by atoms with E-state index in [-0.39, 0.29) is 11.3 Å². The van der Waals surface area contributed by atoms with Crippen LogP contribution in [0.25, 0.3) is 5.76 Å². The summed E-state index contributed by atoms with van der Waals surface area (Å²) < 4.78 is 11.2. The van der Waals surface area contributed by atoms with Crippen LogP contribution in [-0.2, 0) is 16.0 Å². The molecule has 7 heteroatoms. The Bertz CT molecular complexity index is 1290. The summed E-state index contributed by atoms with van der Waals surface area (Å²) in [7, 11) is 0. The number of aliphatic hydroxyl groups is 1. The fourth-order valence-electron chi connectivity index (χ4n) is 4.37. The standard InChI is InChI=1S/C27H22ClNO5/c28-20-8-4-7-18(15-20)24-23(25(30)19-9-10-21-22(16-19)34-14-13-33-21)26(31)27(32)29(24)12-11-17-5-2-1-3-6-17/h1-10,15-16,24,30H,11-14H2/b25-23-. The monoisotopic (exact) mass is 475 g/mol. The molecule has 3 aromatic carbocycles. The highest BCUT2D eigenvalue weighted by Crippen LogP contribution is 2.41. The highest BCUT2D eigenvalue weighted by atomic mass is 35.5. The Labute approximate surface area is 202 Å². The highest BCUT2D eigenvalue weighted by molar-refractivity contribution is 6.46. The molecule has 2 aliphatic rings. The van der Waals surface area contributed by atoms with Gasteiger partial charge in [-0.3, -0.25) is 9.59 Å². The molecule has 1 atom stereocenters. The zero-order chi connectivity index (χ0) is 23.7. The number of ketones is 1. The minimum absolute atomic E-state index is 0.0250. The fourth-order valence-corrected chi connectivity index (χ4v) is 4.57. The number of aliphatic hydroxyl groups excluding tert-OH is 1. The van der Waals surface area contributed by atoms with Gasteiger partial charge in [0.05, 0.1) is 11.6 Å². The zero-order valence-corrected chi connectivity index (χ0v) is 19.0. The van der Waals surface area contributed by atoms with Crippen molar-refractivity contribution in [1.82, 2.24) is 4.90 Å². The molecule has 0 bridgehead atoms. The molecule has 0 aliphatic carbocycles. The molecule has 1 saturated heterocycles. The molecule has 172 valence electrons. The average Bonchev–Trinajstić information content (AvgIpc) is 3.12. The second-order valence-electron chi connectivity index (χ2n) is 8.14. The van der Waals surface area contributed by atoms with Crippen LogP contribution in [0.4, 0.5) is 0 Å². The van der Waals surface area contributed by atoms with Crippen molar-refractivity contribution in [3.63, 3.8) is 0 Å². The Morgan fingerprint density at radius 2 is 1.71 bits per heavy atom. The maximum Gasteiger partial charge on any atom is 0.295 e. The maximum absolute atomic E-state index is 13.2. The van der Waals surface area contributed by atoms with Gasteiger partial charge in [-0.05, 0) is 47.9 Å². The molecule has 2 heterocycles. The number of benzene rings is 3. The average molecular weight is 476 g/mol. The van der Waals surface area contributed by atoms with Crippen LogP contribution in [0.5, 0.6) is 11.5 Å². The lowest BCUT2D eigenvalue weighted by Gasteiger charge is -2.25. The molecular formula is C27H22ClNO5. The summed E-state index contributed by atoms with van der Waals surface area (Å²) in [6.45, 7) is 1.15. The van der Waals surface area contributed by atoms with E-state index in [9.17, 15) is 14.7 Å². The van der Waals surface area contributed by atoms with Crippen LogP contribution in [0, 0.1) is 0 Å². The number of hydrogen-bond acceptors (Lipinski definition) is 5. The number of rotatable bonds is 5. The number of Topliss-reactive ketones (excluding diaryl/α,β-unsaturated/α-hetero) is 1. The van der Waals surface area contributed by atoms with Crippen molar-refractivity contribution in [2.75, 3.05) is 19.8 Å². The number of fused-ring (bicyclic) bond motifs is 1. The molecule has 1 unspecified atom stereocenters. The van der Waals surface area contributed by atoms with Crippen LogP contribution in [0.3, 0.4) is 0 Å². The number of ether oxygens (including phenoxy) is 2. The van der Waals surface area contributed by atoms with Gasteiger partial charge in [0.15, 0.2) is 11.5 Å². The van der Waals surface area contributed by atoms with Gasteiger partial charge < -0.3 is 19.5 Å². The number of hydrogen-bond donors (Lipinski definition) is 1. The van der Waals surface area contributed by atoms with E-state index in [1.807, 2.05) is 30.3 Å². The largest absolute Gasteiger partial charge is 0.507 e. The first-order valence-corrected chi connectivity index (χ1v) is 11.4. The van der Waals surface area contributed by atoms with E-state index < -0.39 is 17.7 Å². The van der Waals surface area contributed by atoms with Crippen LogP contribution >= 0.6 is 11.6 Å². The quantitative estimate of drug-likeness (QED) is 0.326. The van der Waals surface area contributed by atoms with Gasteiger partial charge in [-0.25, -0.2) is 0 Å². The first-order valence-electron chi connectivity index (χ1n) is 11.0. The third-order valence-corrected chi connectivity index (χ3v) is 6.24. The van der Waals surface area contributed by atoms with Crippen molar-refractivity contribution in [3.05, 3.63) is 100 Å². The summed E-state index contributed by atoms with van der Waals surface area (Å²) in [6, 6.07) is 20.9. The smallest absolute Gasteiger partial charge is 0.295 e. The molecule has 3 aromatic rings. The molecule has 1 amide bonds. The van der Waals surface area contributed by atoms with Gasteiger partial charge in [0.2, 0.25) is 0 Å². The van der Waals surface area contributed by atoms with Crippen molar-refractivity contribution in [3.8, 4) is 11.5 Å². The van der Waals surface area contributed by atoms with Crippen LogP contribution in [-0.4, -0.2) is 41.5 Å². The molecule has 1 fully saturated rings. The molecule has 0 radical (unpaired) electrons. The van der Waals surface area contributed by atoms with Gasteiger partial charge >= 0.3 is 0 Å². The predicted octanol–water partition coefficient (Wildman–Crippen LogP) is 4.78. The Hall–Kier alpha value is -3.77. The Morgan fingerprint density at radius 3 is 2.47 bits per heavy atom. The molecule has 0 aromatic heterocycles. The predicted molar refractivity (Wildman–Crippen MR) is 128 cm³/mol. The minimum atomic E-state index is -0.768. The summed E-state index contributed by atoms with van der Waals surface area (Å²) >= 11 is 6.24. The molecular weight excluding hydrogens is 454 g/mol. The molecule has 34 heavy (non-hydrogen) atoms. The third kappa shape index (κ3) is 4.13. The van der Waals surface area contributed by atoms with Crippen molar-refractivity contribution in [1.29, 1.82) is 0 Å². The second kappa shape index (κ2) is 9.23. The fraction of sp³-hybridized carbons (Fsp3) is 0.185. The van der Waals surface area contributed by atoms with Gasteiger partial charge in [-0.15, -0.1) is 0 Å². The van der Waals surface area contributed by atoms with Gasteiger partial charge in [0.25, 0.3) is 11.7 Å². The van der Waals surface area contributed by atoms with Crippen LogP contribution < -0.4 is 9.47 Å². The summed E-state index contributed by atoms with van der Waals surface area (Å²) in [6.07, 6.45) is 0.564. The van der Waals surface area contributed by atoms with Crippen molar-refractivity contribution >= 4 is 29.1 Å². The molecule has 6 nitrogen and oxygen atoms in total. The Morgan fingerprint density at radius 1 is 0.941 bits per heavy atom. The van der Waals surface area contributed by atoms with E-state index >= 15 is 0 Å². The van der Waals surface area contributed by atoms with Crippen molar-refractivity contribution in [2.24, 2.45) is 0 Å². The number of nitrogens with zero attached hydrogens (tertiary/aromatic N) is 1. The van der Waals surface area contributed by atoms with Gasteiger partial charge in [0.1, 0.15) is 19.0 Å². The highest BCUT2D eigenvalue weighted by Gasteiger charge is 2.46. The molecule has 1 N–H and O–H groups in total. The first kappa shape index (κ1) is 22.0. The van der Waals surface area contributed by atoms with E-state index in [1.165, 1.54) is 4.90 Å². The van der Waals surface area contributed by atoms with Crippen molar-refractivity contribution < 1.29 is 24.2 Å². The molecule has 0 spiro atoms. The third-order valence-electron chi connectivity index (χ3n) is 6.00. The zero-order valence-electron chi connectivity index (χ0n) is 18.2. The first-order chi connectivity index (χ1) is 16.5. The molecule has 2 aliphatic heterocycles. The van der Waals surface area contributed by atoms with E-state index in [0.29, 0.717) is 53.8 Å². The lowest BCUT2D eigenvalue weighted by molar-refractivity contribution is -0.139. The van der Waals surface area contributed by atoms with Crippen LogP contribution in [0.2, 0.25) is 5.02 Å². The number of likely N-dealkylation sites (tertiary alicyclic amines) is 1. The Kier molecular flexibility index (Phi) is 5.99. The Balaban J connectivity index is 1.58. The number of amides is 1. The molecule has 5 rings (SSSR count). The number of carbonyl (C=O) groups is 2. The summed E-state index contributed by atoms with van der Waals surface area (Å²) in [5.74, 6) is -0.599. The van der Waals surface area contributed by atoms with E-state index in [0.717, 1.165) is 5.56 Å². The summed E-state index contributed by atoms with van der Waals surface area (Å²) in [4.78, 5) is 27.8. The normalized spacial score (nSPS) is 18.9.